The van der Waals surface area contributed by atoms with E-state index in [4.69, 9.17) is 0 Å². The first kappa shape index (κ1) is 13.1. The lowest BCUT2D eigenvalue weighted by atomic mass is 10.1. The van der Waals surface area contributed by atoms with Gasteiger partial charge in [-0.2, -0.15) is 5.10 Å². The first-order chi connectivity index (χ1) is 9.29. The van der Waals surface area contributed by atoms with Crippen LogP contribution in [0.3, 0.4) is 0 Å². The van der Waals surface area contributed by atoms with Crippen LogP contribution in [0.15, 0.2) is 36.5 Å². The van der Waals surface area contributed by atoms with Crippen molar-refractivity contribution in [1.82, 2.24) is 15.5 Å². The highest BCUT2D eigenvalue weighted by Crippen LogP contribution is 2.20. The molecule has 3 N–H and O–H groups in total. The summed E-state index contributed by atoms with van der Waals surface area (Å²) < 4.78 is 0. The zero-order valence-electron chi connectivity index (χ0n) is 10.9. The summed E-state index contributed by atoms with van der Waals surface area (Å²) in [5.74, 6) is 0. The van der Waals surface area contributed by atoms with Crippen LogP contribution in [0.2, 0.25) is 0 Å². The van der Waals surface area contributed by atoms with Gasteiger partial charge in [0.1, 0.15) is 0 Å². The molecule has 2 amide bonds. The Morgan fingerprint density at radius 1 is 1.37 bits per heavy atom. The van der Waals surface area contributed by atoms with Crippen LogP contribution in [0.1, 0.15) is 19.8 Å². The summed E-state index contributed by atoms with van der Waals surface area (Å²) in [4.78, 5) is 11.6. The summed E-state index contributed by atoms with van der Waals surface area (Å²) in [7, 11) is 0. The molecule has 0 spiro atoms. The maximum Gasteiger partial charge on any atom is 0.319 e. The van der Waals surface area contributed by atoms with Gasteiger partial charge in [-0.25, -0.2) is 4.79 Å². The van der Waals surface area contributed by atoms with Crippen LogP contribution < -0.4 is 10.6 Å². The molecule has 1 heterocycles. The molecule has 100 valence electrons. The fourth-order valence-corrected chi connectivity index (χ4v) is 1.74. The van der Waals surface area contributed by atoms with E-state index in [1.165, 1.54) is 0 Å². The van der Waals surface area contributed by atoms with Crippen molar-refractivity contribution in [2.24, 2.45) is 0 Å². The molecule has 19 heavy (non-hydrogen) atoms. The number of aromatic amines is 1. The first-order valence-corrected chi connectivity index (χ1v) is 6.44. The molecule has 0 saturated carbocycles. The Morgan fingerprint density at radius 2 is 2.26 bits per heavy atom. The standard InChI is InChI=1S/C14H18N4O/c1-2-3-8-15-14(19)17-12-6-4-5-11(10-12)13-7-9-16-18-13/h4-7,9-10H,2-3,8H2,1H3,(H,16,18)(H2,15,17,19). The van der Waals surface area contributed by atoms with Crippen LogP contribution in [-0.2, 0) is 0 Å². The molecular weight excluding hydrogens is 240 g/mol. The Kier molecular flexibility index (Phi) is 4.55. The van der Waals surface area contributed by atoms with Gasteiger partial charge < -0.3 is 10.6 Å². The van der Waals surface area contributed by atoms with Crippen LogP contribution >= 0.6 is 0 Å². The van der Waals surface area contributed by atoms with E-state index in [-0.39, 0.29) is 6.03 Å². The number of anilines is 1. The van der Waals surface area contributed by atoms with Gasteiger partial charge in [-0.1, -0.05) is 25.5 Å². The van der Waals surface area contributed by atoms with Crippen molar-refractivity contribution >= 4 is 11.7 Å². The number of rotatable bonds is 5. The molecule has 0 saturated heterocycles. The van der Waals surface area contributed by atoms with E-state index in [0.29, 0.717) is 6.54 Å². The van der Waals surface area contributed by atoms with Gasteiger partial charge in [-0.15, -0.1) is 0 Å². The highest BCUT2D eigenvalue weighted by atomic mass is 16.2. The minimum atomic E-state index is -0.171. The molecule has 2 rings (SSSR count). The van der Waals surface area contributed by atoms with Crippen LogP contribution in [0, 0.1) is 0 Å². The number of nitrogens with one attached hydrogen (secondary N) is 3. The van der Waals surface area contributed by atoms with E-state index in [0.717, 1.165) is 29.8 Å². The number of benzene rings is 1. The van der Waals surface area contributed by atoms with E-state index >= 15 is 0 Å². The molecule has 5 heteroatoms. The van der Waals surface area contributed by atoms with Gasteiger partial charge in [0.2, 0.25) is 0 Å². The predicted octanol–water partition coefficient (Wildman–Crippen LogP) is 3.00. The first-order valence-electron chi connectivity index (χ1n) is 6.44. The van der Waals surface area contributed by atoms with E-state index in [2.05, 4.69) is 27.8 Å². The average Bonchev–Trinajstić information content (AvgIpc) is 2.93. The smallest absolute Gasteiger partial charge is 0.319 e. The molecule has 0 aliphatic heterocycles. The van der Waals surface area contributed by atoms with Crippen molar-refractivity contribution in [2.45, 2.75) is 19.8 Å². The molecule has 0 atom stereocenters. The van der Waals surface area contributed by atoms with Crippen molar-refractivity contribution < 1.29 is 4.79 Å². The van der Waals surface area contributed by atoms with Crippen LogP contribution in [0.4, 0.5) is 10.5 Å². The number of aromatic nitrogens is 2. The summed E-state index contributed by atoms with van der Waals surface area (Å²) in [6.07, 6.45) is 3.75. The second-order valence-electron chi connectivity index (χ2n) is 4.29. The molecule has 1 aromatic carbocycles. The number of hydrogen-bond donors (Lipinski definition) is 3. The Labute approximate surface area is 112 Å². The third kappa shape index (κ3) is 3.84. The quantitative estimate of drug-likeness (QED) is 0.721. The zero-order chi connectivity index (χ0) is 13.5. The Bertz CT molecular complexity index is 522. The van der Waals surface area contributed by atoms with Crippen LogP contribution in [0.5, 0.6) is 0 Å². The average molecular weight is 258 g/mol. The summed E-state index contributed by atoms with van der Waals surface area (Å²) in [6.45, 7) is 2.79. The van der Waals surface area contributed by atoms with E-state index in [1.807, 2.05) is 30.3 Å². The molecule has 5 nitrogen and oxygen atoms in total. The van der Waals surface area contributed by atoms with E-state index < -0.39 is 0 Å². The van der Waals surface area contributed by atoms with Crippen LogP contribution in [-0.4, -0.2) is 22.8 Å². The number of hydrogen-bond acceptors (Lipinski definition) is 2. The van der Waals surface area contributed by atoms with Crippen molar-refractivity contribution in [3.05, 3.63) is 36.5 Å². The molecule has 0 radical (unpaired) electrons. The number of unbranched alkanes of at least 4 members (excludes halogenated alkanes) is 1. The molecule has 0 bridgehead atoms. The van der Waals surface area contributed by atoms with E-state index in [1.54, 1.807) is 6.20 Å². The Hall–Kier alpha value is -2.30. The van der Waals surface area contributed by atoms with Crippen molar-refractivity contribution in [3.63, 3.8) is 0 Å². The van der Waals surface area contributed by atoms with Gasteiger partial charge in [0.05, 0.1) is 5.69 Å². The lowest BCUT2D eigenvalue weighted by Crippen LogP contribution is -2.29. The number of carbonyl (C=O) groups is 1. The maximum atomic E-state index is 11.6. The maximum absolute atomic E-state index is 11.6. The van der Waals surface area contributed by atoms with Gasteiger partial charge in [-0.3, -0.25) is 5.10 Å². The fourth-order valence-electron chi connectivity index (χ4n) is 1.74. The SMILES string of the molecule is CCCCNC(=O)Nc1cccc(-c2ccn[nH]2)c1. The Balaban J connectivity index is 1.97. The summed E-state index contributed by atoms with van der Waals surface area (Å²) in [5, 5.41) is 12.4. The fraction of sp³-hybridized carbons (Fsp3) is 0.286. The zero-order valence-corrected chi connectivity index (χ0v) is 10.9. The minimum absolute atomic E-state index is 0.171. The lowest BCUT2D eigenvalue weighted by Gasteiger charge is -2.08. The van der Waals surface area contributed by atoms with Crippen LogP contribution in [0.25, 0.3) is 11.3 Å². The van der Waals surface area contributed by atoms with Crippen molar-refractivity contribution in [3.8, 4) is 11.3 Å². The number of H-pyrrole nitrogens is 1. The molecule has 1 aromatic heterocycles. The van der Waals surface area contributed by atoms with Crippen molar-refractivity contribution in [1.29, 1.82) is 0 Å². The van der Waals surface area contributed by atoms with Gasteiger partial charge >= 0.3 is 6.03 Å². The third-order valence-electron chi connectivity index (χ3n) is 2.75. The monoisotopic (exact) mass is 258 g/mol. The number of urea groups is 1. The third-order valence-corrected chi connectivity index (χ3v) is 2.75. The normalized spacial score (nSPS) is 10.2. The van der Waals surface area contributed by atoms with E-state index in [9.17, 15) is 4.79 Å². The molecular formula is C14H18N4O. The summed E-state index contributed by atoms with van der Waals surface area (Å²) in [6, 6.07) is 9.35. The van der Waals surface area contributed by atoms with Gasteiger partial charge in [0.15, 0.2) is 0 Å². The molecule has 2 aromatic rings. The molecule has 0 unspecified atom stereocenters. The second-order valence-corrected chi connectivity index (χ2v) is 4.29. The highest BCUT2D eigenvalue weighted by molar-refractivity contribution is 5.89. The minimum Gasteiger partial charge on any atom is -0.338 e. The van der Waals surface area contributed by atoms with Gasteiger partial charge in [-0.05, 0) is 24.6 Å². The largest absolute Gasteiger partial charge is 0.338 e. The topological polar surface area (TPSA) is 69.8 Å². The van der Waals surface area contributed by atoms with Gasteiger partial charge in [0.25, 0.3) is 0 Å². The summed E-state index contributed by atoms with van der Waals surface area (Å²) >= 11 is 0. The molecule has 0 aliphatic rings. The Morgan fingerprint density at radius 3 is 3.00 bits per heavy atom. The number of carbonyl (C=O) groups excluding carboxylic acids is 1. The second kappa shape index (κ2) is 6.58. The number of nitrogens with zero attached hydrogens (tertiary/aromatic N) is 1. The lowest BCUT2D eigenvalue weighted by molar-refractivity contribution is 0.252. The highest BCUT2D eigenvalue weighted by Gasteiger charge is 2.03. The summed E-state index contributed by atoms with van der Waals surface area (Å²) in [5.41, 5.74) is 2.68. The molecule has 0 fully saturated rings. The molecule has 0 aliphatic carbocycles. The van der Waals surface area contributed by atoms with Crippen molar-refractivity contribution in [2.75, 3.05) is 11.9 Å². The van der Waals surface area contributed by atoms with Gasteiger partial charge in [0, 0.05) is 24.0 Å². The predicted molar refractivity (Wildman–Crippen MR) is 76.0 cm³/mol. The number of amides is 2.